The van der Waals surface area contributed by atoms with Crippen molar-refractivity contribution in [2.75, 3.05) is 24.5 Å². The first-order valence-corrected chi connectivity index (χ1v) is 33.3. The molecule has 0 radical (unpaired) electrons. The lowest BCUT2D eigenvalue weighted by atomic mass is 9.30. The molecule has 5 nitrogen and oxygen atoms in total. The van der Waals surface area contributed by atoms with E-state index in [-0.39, 0.29) is 16.3 Å². The molecular weight excluding hydrogens is 1220 g/mol. The standard InChI is InChI=1S/C85H55B2F4N5S/c88-71-42-22-26-46-75(71)96-77-52-64(92(59-31-11-3-12-32-59)60-33-13-4-14-34-60)51-76-81(77)86(67-40-20-24-44-73(67)94(76)61-35-15-5-16-36-61)69-55-70-84(80(83(69)96)85(89,90)91)97-79-54-65(53-78-82(79)87(70)68-41-21-25-45-74(68)95(78)62-37-17-6-18-38-62)93(63-49-47-57(48-50-63)56-27-7-1-8-28-56)72-43-23-19-39-66(72)58-29-9-2-10-30-58/h1-55H. The lowest BCUT2D eigenvalue weighted by Gasteiger charge is -2.47. The van der Waals surface area contributed by atoms with Crippen LogP contribution < -0.4 is 57.3 Å². The Bertz CT molecular complexity index is 5320. The van der Waals surface area contributed by atoms with Crippen molar-refractivity contribution in [1.82, 2.24) is 0 Å². The van der Waals surface area contributed by atoms with Gasteiger partial charge in [0, 0.05) is 77.9 Å². The van der Waals surface area contributed by atoms with Crippen LogP contribution in [-0.4, -0.2) is 13.4 Å². The van der Waals surface area contributed by atoms with Crippen LogP contribution in [0.2, 0.25) is 0 Å². The second-order valence-corrected chi connectivity index (χ2v) is 25.8. The zero-order valence-electron chi connectivity index (χ0n) is 52.1. The number of alkyl halides is 3. The fourth-order valence-corrected chi connectivity index (χ4v) is 16.7. The Morgan fingerprint density at radius 1 is 0.320 bits per heavy atom. The number of hydrogen-bond acceptors (Lipinski definition) is 6. The van der Waals surface area contributed by atoms with Gasteiger partial charge in [0.15, 0.2) is 0 Å². The summed E-state index contributed by atoms with van der Waals surface area (Å²) in [5.74, 6) is -0.668. The zero-order chi connectivity index (χ0) is 64.9. The molecule has 0 aromatic heterocycles. The fourth-order valence-electron chi connectivity index (χ4n) is 15.3. The highest BCUT2D eigenvalue weighted by Crippen LogP contribution is 2.56. The minimum atomic E-state index is -5.02. The summed E-state index contributed by atoms with van der Waals surface area (Å²) < 4.78 is 72.4. The van der Waals surface area contributed by atoms with E-state index in [0.717, 1.165) is 118 Å². The Hall–Kier alpha value is -11.7. The second-order valence-electron chi connectivity index (χ2n) is 24.7. The SMILES string of the molecule is Fc1ccccc1N1c2cc(N(c3ccccc3)c3ccccc3)cc3c2B(c2ccccc2N3c2ccccc2)c2cc3c(c(C(F)(F)F)c21)Sc1cc(N(c2ccc(-c4ccccc4)cc2)c2ccccc2-c2ccccc2)cc2c1B3c1ccccc1N2c1ccccc1. The Morgan fingerprint density at radius 3 is 1.32 bits per heavy atom. The van der Waals surface area contributed by atoms with Crippen LogP contribution in [0.4, 0.5) is 103 Å². The van der Waals surface area contributed by atoms with E-state index in [1.54, 1.807) is 23.1 Å². The van der Waals surface area contributed by atoms with Crippen molar-refractivity contribution in [2.45, 2.75) is 16.0 Å². The molecule has 97 heavy (non-hydrogen) atoms. The third kappa shape index (κ3) is 9.56. The van der Waals surface area contributed by atoms with Crippen molar-refractivity contribution in [3.8, 4) is 22.3 Å². The molecule has 0 atom stereocenters. The Labute approximate surface area is 565 Å². The van der Waals surface area contributed by atoms with E-state index in [0.29, 0.717) is 27.2 Å². The lowest BCUT2D eigenvalue weighted by Crippen LogP contribution is -2.65. The normalized spacial score (nSPS) is 13.0. The molecule has 4 aliphatic rings. The summed E-state index contributed by atoms with van der Waals surface area (Å²) in [6, 6.07) is 111. The number of rotatable bonds is 11. The molecule has 0 aliphatic carbocycles. The quantitative estimate of drug-likeness (QED) is 0.0941. The molecule has 14 aromatic carbocycles. The van der Waals surface area contributed by atoms with Crippen LogP contribution in [0.15, 0.2) is 343 Å². The van der Waals surface area contributed by atoms with Gasteiger partial charge < -0.3 is 24.5 Å². The number of para-hydroxylation sites is 8. The Morgan fingerprint density at radius 2 is 0.753 bits per heavy atom. The van der Waals surface area contributed by atoms with Gasteiger partial charge in [-0.05, 0) is 159 Å². The van der Waals surface area contributed by atoms with Gasteiger partial charge in [-0.1, -0.05) is 236 Å². The van der Waals surface area contributed by atoms with Crippen LogP contribution in [0.3, 0.4) is 0 Å². The van der Waals surface area contributed by atoms with Crippen molar-refractivity contribution in [3.63, 3.8) is 0 Å². The van der Waals surface area contributed by atoms with Crippen LogP contribution in [-0.2, 0) is 6.18 Å². The van der Waals surface area contributed by atoms with Gasteiger partial charge in [-0.25, -0.2) is 4.39 Å². The molecular formula is C85H55B2F4N5S. The third-order valence-electron chi connectivity index (χ3n) is 19.3. The summed E-state index contributed by atoms with van der Waals surface area (Å²) in [6.45, 7) is -1.48. The smallest absolute Gasteiger partial charge is 0.311 e. The third-order valence-corrected chi connectivity index (χ3v) is 20.5. The van der Waals surface area contributed by atoms with Gasteiger partial charge in [0.2, 0.25) is 6.71 Å². The molecule has 0 saturated carbocycles. The van der Waals surface area contributed by atoms with E-state index in [1.165, 1.54) is 6.07 Å². The first kappa shape index (κ1) is 57.9. The molecule has 18 rings (SSSR count). The maximum atomic E-state index is 18.2. The van der Waals surface area contributed by atoms with Crippen LogP contribution in [0.1, 0.15) is 5.56 Å². The number of hydrogen-bond donors (Lipinski definition) is 0. The van der Waals surface area contributed by atoms with Gasteiger partial charge in [0.1, 0.15) is 5.82 Å². The molecule has 4 heterocycles. The summed E-state index contributed by atoms with van der Waals surface area (Å²) in [4.78, 5) is 11.2. The number of halogens is 4. The highest BCUT2D eigenvalue weighted by atomic mass is 32.2. The number of anilines is 15. The lowest BCUT2D eigenvalue weighted by molar-refractivity contribution is -0.139. The molecule has 0 unspecified atom stereocenters. The van der Waals surface area contributed by atoms with Gasteiger partial charge in [0.25, 0.3) is 6.71 Å². The number of nitrogens with zero attached hydrogens (tertiary/aromatic N) is 5. The second kappa shape index (κ2) is 23.3. The van der Waals surface area contributed by atoms with Crippen molar-refractivity contribution < 1.29 is 17.6 Å². The Kier molecular flexibility index (Phi) is 13.9. The molecule has 0 fully saturated rings. The molecule has 0 N–H and O–H groups in total. The molecule has 14 aromatic rings. The van der Waals surface area contributed by atoms with Crippen LogP contribution in [0.25, 0.3) is 22.3 Å². The molecule has 0 bridgehead atoms. The van der Waals surface area contributed by atoms with Crippen molar-refractivity contribution in [3.05, 3.63) is 345 Å². The van der Waals surface area contributed by atoms with Gasteiger partial charge in [0.05, 0.1) is 28.3 Å². The summed E-state index contributed by atoms with van der Waals surface area (Å²) in [7, 11) is 0. The predicted molar refractivity (Wildman–Crippen MR) is 396 cm³/mol. The summed E-state index contributed by atoms with van der Waals surface area (Å²) in [6.07, 6.45) is -5.02. The first-order chi connectivity index (χ1) is 47.7. The highest BCUT2D eigenvalue weighted by molar-refractivity contribution is 8.00. The summed E-state index contributed by atoms with van der Waals surface area (Å²) in [5.41, 5.74) is 17.6. The topological polar surface area (TPSA) is 16.2 Å². The maximum absolute atomic E-state index is 18.2. The molecule has 0 saturated heterocycles. The first-order valence-electron chi connectivity index (χ1n) is 32.5. The van der Waals surface area contributed by atoms with Gasteiger partial charge in [-0.2, -0.15) is 13.2 Å². The molecule has 12 heteroatoms. The van der Waals surface area contributed by atoms with Crippen molar-refractivity contribution in [2.24, 2.45) is 0 Å². The van der Waals surface area contributed by atoms with Crippen molar-refractivity contribution >= 4 is 143 Å². The van der Waals surface area contributed by atoms with E-state index >= 15 is 17.6 Å². The largest absolute Gasteiger partial charge is 0.419 e. The Balaban J connectivity index is 0.944. The van der Waals surface area contributed by atoms with E-state index in [1.807, 2.05) is 176 Å². The minimum Gasteiger partial charge on any atom is -0.311 e. The average Bonchev–Trinajstić information content (AvgIpc) is 0.681. The molecule has 0 spiro atoms. The van der Waals surface area contributed by atoms with E-state index in [9.17, 15) is 0 Å². The van der Waals surface area contributed by atoms with E-state index in [4.69, 9.17) is 0 Å². The van der Waals surface area contributed by atoms with Crippen LogP contribution in [0, 0.1) is 5.82 Å². The van der Waals surface area contributed by atoms with E-state index in [2.05, 4.69) is 153 Å². The van der Waals surface area contributed by atoms with Gasteiger partial charge in [-0.15, -0.1) is 0 Å². The van der Waals surface area contributed by atoms with Crippen LogP contribution >= 0.6 is 11.8 Å². The maximum Gasteiger partial charge on any atom is 0.419 e. The van der Waals surface area contributed by atoms with Crippen LogP contribution in [0.5, 0.6) is 0 Å². The number of benzene rings is 14. The van der Waals surface area contributed by atoms with Crippen molar-refractivity contribution in [1.29, 1.82) is 0 Å². The average molecular weight is 1280 g/mol. The van der Waals surface area contributed by atoms with Gasteiger partial charge >= 0.3 is 6.18 Å². The molecule has 0 amide bonds. The summed E-state index contributed by atoms with van der Waals surface area (Å²) in [5, 5.41) is 0. The predicted octanol–water partition coefficient (Wildman–Crippen LogP) is 20.0. The summed E-state index contributed by atoms with van der Waals surface area (Å²) >= 11 is 1.15. The highest BCUT2D eigenvalue weighted by Gasteiger charge is 2.53. The molecule has 4 aliphatic heterocycles. The fraction of sp³-hybridized carbons (Fsp3) is 0.0118. The zero-order valence-corrected chi connectivity index (χ0v) is 52.9. The monoisotopic (exact) mass is 1280 g/mol. The minimum absolute atomic E-state index is 0.0126. The molecule has 460 valence electrons. The number of fused-ring (bicyclic) bond motifs is 8. The van der Waals surface area contributed by atoms with Gasteiger partial charge in [-0.3, -0.25) is 0 Å². The van der Waals surface area contributed by atoms with E-state index < -0.39 is 31.0 Å².